The monoisotopic (exact) mass is 922 g/mol. The van der Waals surface area contributed by atoms with Gasteiger partial charge in [0.05, 0.1) is 45.8 Å². The van der Waals surface area contributed by atoms with Crippen LogP contribution in [0.25, 0.3) is 0 Å². The van der Waals surface area contributed by atoms with Crippen LogP contribution >= 0.6 is 11.8 Å². The van der Waals surface area contributed by atoms with Crippen molar-refractivity contribution in [2.24, 2.45) is 0 Å². The van der Waals surface area contributed by atoms with E-state index in [1.54, 1.807) is 37.1 Å². The van der Waals surface area contributed by atoms with E-state index in [0.717, 1.165) is 32.7 Å². The first kappa shape index (κ1) is 49.5. The number of thioether (sulfide) groups is 1. The Balaban J connectivity index is 1.56. The molecule has 4 aromatic rings. The second kappa shape index (κ2) is 21.6. The van der Waals surface area contributed by atoms with E-state index in [0.29, 0.717) is 46.9 Å². The number of nitrogens with zero attached hydrogens (tertiary/aromatic N) is 2. The quantitative estimate of drug-likeness (QED) is 0.0714. The highest BCUT2D eigenvalue weighted by Crippen LogP contribution is 2.54. The molecule has 10 nitrogen and oxygen atoms in total. The van der Waals surface area contributed by atoms with Crippen LogP contribution < -0.4 is 14.2 Å². The highest BCUT2D eigenvalue weighted by molar-refractivity contribution is 8.00. The van der Waals surface area contributed by atoms with E-state index >= 15 is 4.79 Å². The molecule has 6 rings (SSSR count). The predicted molar refractivity (Wildman–Crippen MR) is 262 cm³/mol. The SMILES string of the molecule is COc1c(C)c(OC)c(OCc2ccccc2)c2c1C[C@H]1[C@@H](Sc3ccccc3)N(C(=O)OC(C)(C)C)[C@@H](C/C=C\O[Si](C(C)C)(C(C)C)C(C)C)C(=O)N1[C@H]2COCc1ccccc1. The summed E-state index contributed by atoms with van der Waals surface area (Å²) in [6.45, 7) is 21.7. The van der Waals surface area contributed by atoms with Gasteiger partial charge in [0.15, 0.2) is 11.5 Å². The van der Waals surface area contributed by atoms with Gasteiger partial charge in [0, 0.05) is 21.6 Å². The highest BCUT2D eigenvalue weighted by atomic mass is 32.2. The number of ether oxygens (including phenoxy) is 5. The average Bonchev–Trinajstić information content (AvgIpc) is 3.26. The van der Waals surface area contributed by atoms with Crippen LogP contribution in [0.1, 0.15) is 103 Å². The van der Waals surface area contributed by atoms with Crippen LogP contribution in [0.2, 0.25) is 16.6 Å². The summed E-state index contributed by atoms with van der Waals surface area (Å²) in [6.07, 6.45) is 3.74. The Morgan fingerprint density at radius 1 is 0.785 bits per heavy atom. The molecule has 2 aliphatic rings. The van der Waals surface area contributed by atoms with Gasteiger partial charge in [-0.15, -0.1) is 0 Å². The number of fused-ring (bicyclic) bond motifs is 2. The van der Waals surface area contributed by atoms with Crippen molar-refractivity contribution in [1.82, 2.24) is 9.80 Å². The van der Waals surface area contributed by atoms with Gasteiger partial charge in [-0.2, -0.15) is 0 Å². The number of hydrogen-bond donors (Lipinski definition) is 0. The standard InChI is InChI=1S/C53H70N2O8SSi/c1-35(2)65(36(3)4,37(5)6)62-30-22-29-43-50(56)54-44(51(64-41-27-20-15-21-28-41)55(43)52(57)63-53(8,9)10)31-42-46(45(54)34-60-32-39-23-16-13-17-24-39)49(48(59-12)38(7)47(42)58-11)61-33-40-25-18-14-19-26-40/h13-28,30,35-37,43-45,51H,29,31-34H2,1-12H3/b30-22-/t43-,44-,45-,51+/m0/s1. The Morgan fingerprint density at radius 2 is 1.34 bits per heavy atom. The van der Waals surface area contributed by atoms with Gasteiger partial charge in [-0.3, -0.25) is 9.69 Å². The van der Waals surface area contributed by atoms with Crippen molar-refractivity contribution >= 4 is 32.1 Å². The van der Waals surface area contributed by atoms with Gasteiger partial charge in [-0.25, -0.2) is 4.79 Å². The molecule has 0 unspecified atom stereocenters. The minimum Gasteiger partial charge on any atom is -0.548 e. The Hall–Kier alpha value is -4.91. The van der Waals surface area contributed by atoms with Crippen molar-refractivity contribution in [3.63, 3.8) is 0 Å². The van der Waals surface area contributed by atoms with Gasteiger partial charge in [-0.1, -0.05) is 132 Å². The molecule has 2 heterocycles. The zero-order valence-electron chi connectivity index (χ0n) is 40.5. The summed E-state index contributed by atoms with van der Waals surface area (Å²) in [7, 11) is 0.998. The maximum absolute atomic E-state index is 15.9. The fraction of sp³-hybridized carbons (Fsp3) is 0.472. The Morgan fingerprint density at radius 3 is 1.88 bits per heavy atom. The molecule has 0 radical (unpaired) electrons. The molecule has 1 fully saturated rings. The fourth-order valence-corrected chi connectivity index (χ4v) is 16.5. The van der Waals surface area contributed by atoms with E-state index in [2.05, 4.69) is 41.5 Å². The number of methoxy groups -OCH3 is 2. The molecule has 4 atom stereocenters. The van der Waals surface area contributed by atoms with E-state index in [1.807, 2.05) is 130 Å². The van der Waals surface area contributed by atoms with Crippen LogP contribution in [0.5, 0.6) is 17.2 Å². The lowest BCUT2D eigenvalue weighted by molar-refractivity contribution is -0.154. The summed E-state index contributed by atoms with van der Waals surface area (Å²) in [6, 6.07) is 27.9. The van der Waals surface area contributed by atoms with Crippen molar-refractivity contribution in [3.05, 3.63) is 131 Å². The topological polar surface area (TPSA) is 96.0 Å². The van der Waals surface area contributed by atoms with Crippen LogP contribution in [0.3, 0.4) is 0 Å². The Kier molecular flexibility index (Phi) is 16.5. The predicted octanol–water partition coefficient (Wildman–Crippen LogP) is 12.4. The fourth-order valence-electron chi connectivity index (χ4n) is 10.0. The van der Waals surface area contributed by atoms with E-state index in [-0.39, 0.29) is 25.5 Å². The van der Waals surface area contributed by atoms with Crippen molar-refractivity contribution in [2.45, 2.75) is 146 Å². The third kappa shape index (κ3) is 10.9. The van der Waals surface area contributed by atoms with Crippen LogP contribution in [0, 0.1) is 6.92 Å². The largest absolute Gasteiger partial charge is 0.548 e. The number of piperazine rings is 1. The Labute approximate surface area is 393 Å². The maximum atomic E-state index is 15.9. The molecule has 0 bridgehead atoms. The summed E-state index contributed by atoms with van der Waals surface area (Å²) >= 11 is 1.55. The van der Waals surface area contributed by atoms with Crippen molar-refractivity contribution in [3.8, 4) is 17.2 Å². The van der Waals surface area contributed by atoms with Crippen molar-refractivity contribution in [1.29, 1.82) is 0 Å². The lowest BCUT2D eigenvalue weighted by atomic mass is 9.82. The third-order valence-electron chi connectivity index (χ3n) is 12.7. The summed E-state index contributed by atoms with van der Waals surface area (Å²) in [5.74, 6) is 1.49. The van der Waals surface area contributed by atoms with Crippen molar-refractivity contribution < 1.29 is 37.7 Å². The molecule has 350 valence electrons. The van der Waals surface area contributed by atoms with E-state index in [1.165, 1.54) is 0 Å². The summed E-state index contributed by atoms with van der Waals surface area (Å²) in [5.41, 5.74) is 4.66. The number of amides is 2. The van der Waals surface area contributed by atoms with E-state index in [9.17, 15) is 4.79 Å². The van der Waals surface area contributed by atoms with Gasteiger partial charge >= 0.3 is 6.09 Å². The minimum atomic E-state index is -2.30. The minimum absolute atomic E-state index is 0.132. The van der Waals surface area contributed by atoms with Crippen molar-refractivity contribution in [2.75, 3.05) is 20.8 Å². The van der Waals surface area contributed by atoms with Crippen LogP contribution in [-0.4, -0.2) is 74.0 Å². The molecular weight excluding hydrogens is 853 g/mol. The van der Waals surface area contributed by atoms with Gasteiger partial charge in [0.2, 0.25) is 5.91 Å². The van der Waals surface area contributed by atoms with Crippen LogP contribution in [-0.2, 0) is 38.3 Å². The molecule has 0 aliphatic carbocycles. The molecule has 12 heteroatoms. The number of carbonyl (C=O) groups is 2. The maximum Gasteiger partial charge on any atom is 0.411 e. The smallest absolute Gasteiger partial charge is 0.411 e. The van der Waals surface area contributed by atoms with E-state index < -0.39 is 43.5 Å². The van der Waals surface area contributed by atoms with Crippen LogP contribution in [0.15, 0.2) is 108 Å². The van der Waals surface area contributed by atoms with Gasteiger partial charge in [0.25, 0.3) is 8.32 Å². The molecular formula is C53H70N2O8SSi. The molecule has 1 saturated heterocycles. The zero-order valence-corrected chi connectivity index (χ0v) is 42.3. The highest BCUT2D eigenvalue weighted by Gasteiger charge is 2.56. The van der Waals surface area contributed by atoms with Crippen LogP contribution in [0.4, 0.5) is 4.79 Å². The second-order valence-electron chi connectivity index (χ2n) is 19.0. The molecule has 0 saturated carbocycles. The first-order valence-corrected chi connectivity index (χ1v) is 26.0. The molecule has 65 heavy (non-hydrogen) atoms. The van der Waals surface area contributed by atoms with Gasteiger partial charge in [-0.05, 0) is 86.5 Å². The summed E-state index contributed by atoms with van der Waals surface area (Å²) in [5, 5.41) is -0.592. The summed E-state index contributed by atoms with van der Waals surface area (Å²) < 4.78 is 39.1. The summed E-state index contributed by atoms with van der Waals surface area (Å²) in [4.78, 5) is 35.4. The first-order valence-electron chi connectivity index (χ1n) is 23.0. The number of rotatable bonds is 18. The molecule has 0 N–H and O–H groups in total. The Bertz CT molecular complexity index is 2210. The van der Waals surface area contributed by atoms with E-state index in [4.69, 9.17) is 28.1 Å². The molecule has 0 aromatic heterocycles. The molecule has 2 amide bonds. The lowest BCUT2D eigenvalue weighted by Crippen LogP contribution is -2.69. The number of hydrogen-bond acceptors (Lipinski definition) is 9. The molecule has 4 aromatic carbocycles. The number of carbonyl (C=O) groups excluding carboxylic acids is 2. The van der Waals surface area contributed by atoms with Gasteiger partial charge in [0.1, 0.15) is 29.4 Å². The second-order valence-corrected chi connectivity index (χ2v) is 25.6. The lowest BCUT2D eigenvalue weighted by Gasteiger charge is -2.55. The number of benzene rings is 4. The normalized spacial score (nSPS) is 18.8. The first-order chi connectivity index (χ1) is 31.0. The molecule has 0 spiro atoms. The molecule has 2 aliphatic heterocycles. The average molecular weight is 923 g/mol. The zero-order chi connectivity index (χ0) is 47.1. The van der Waals surface area contributed by atoms with Gasteiger partial charge < -0.3 is 33.0 Å². The third-order valence-corrected chi connectivity index (χ3v) is 20.0.